The maximum atomic E-state index is 11.0. The van der Waals surface area contributed by atoms with Gasteiger partial charge in [0.25, 0.3) is 5.69 Å². The molecule has 0 aliphatic carbocycles. The Bertz CT molecular complexity index is 575. The molecule has 0 saturated heterocycles. The average Bonchev–Trinajstić information content (AvgIpc) is 2.77. The van der Waals surface area contributed by atoms with Gasteiger partial charge in [-0.05, 0) is 12.0 Å². The third-order valence-electron chi connectivity index (χ3n) is 2.89. The maximum absolute atomic E-state index is 11.0. The van der Waals surface area contributed by atoms with Crippen molar-refractivity contribution in [1.29, 1.82) is 0 Å². The summed E-state index contributed by atoms with van der Waals surface area (Å²) in [4.78, 5) is 10.7. The minimum Gasteiger partial charge on any atom is -0.379 e. The van der Waals surface area contributed by atoms with Crippen molar-refractivity contribution in [3.63, 3.8) is 0 Å². The number of hydrogen-bond acceptors (Lipinski definition) is 3. The number of nitro benzene ring substituents is 1. The van der Waals surface area contributed by atoms with E-state index in [2.05, 4.69) is 13.8 Å². The van der Waals surface area contributed by atoms with Gasteiger partial charge in [-0.2, -0.15) is 0 Å². The molecule has 2 rings (SSSR count). The van der Waals surface area contributed by atoms with Gasteiger partial charge >= 0.3 is 0 Å². The highest BCUT2D eigenvalue weighted by Gasteiger charge is 2.14. The van der Waals surface area contributed by atoms with E-state index in [0.29, 0.717) is 31.2 Å². The maximum Gasteiger partial charge on any atom is 0.293 e. The van der Waals surface area contributed by atoms with Gasteiger partial charge in [0.2, 0.25) is 0 Å². The molecule has 0 N–H and O–H groups in total. The van der Waals surface area contributed by atoms with Crippen molar-refractivity contribution in [2.75, 3.05) is 13.2 Å². The van der Waals surface area contributed by atoms with Crippen LogP contribution in [0.5, 0.6) is 0 Å². The Morgan fingerprint density at radius 1 is 1.37 bits per heavy atom. The largest absolute Gasteiger partial charge is 0.379 e. The van der Waals surface area contributed by atoms with Gasteiger partial charge in [0.05, 0.1) is 11.5 Å². The van der Waals surface area contributed by atoms with E-state index in [0.717, 1.165) is 5.39 Å². The van der Waals surface area contributed by atoms with Gasteiger partial charge in [-0.3, -0.25) is 10.1 Å². The standard InChI is InChI=1S/C14H18N2O3/c1-11(2)10-19-9-8-15-7-6-12-4-3-5-13(14(12)15)16(17)18/h3-7,11H,8-10H2,1-2H3. The first kappa shape index (κ1) is 13.5. The SMILES string of the molecule is CC(C)COCCn1ccc2cccc([N+](=O)[O-])c21. The Hall–Kier alpha value is -1.88. The summed E-state index contributed by atoms with van der Waals surface area (Å²) in [6.07, 6.45) is 1.87. The number of benzene rings is 1. The molecule has 0 saturated carbocycles. The van der Waals surface area contributed by atoms with Crippen molar-refractivity contribution in [1.82, 2.24) is 4.57 Å². The Morgan fingerprint density at radius 2 is 2.16 bits per heavy atom. The predicted octanol–water partition coefficient (Wildman–Crippen LogP) is 3.22. The van der Waals surface area contributed by atoms with E-state index in [-0.39, 0.29) is 10.6 Å². The number of ether oxygens (including phenoxy) is 1. The molecule has 1 heterocycles. The molecule has 5 nitrogen and oxygen atoms in total. The fraction of sp³-hybridized carbons (Fsp3) is 0.429. The van der Waals surface area contributed by atoms with Crippen LogP contribution in [0.4, 0.5) is 5.69 Å². The molecule has 2 aromatic rings. The van der Waals surface area contributed by atoms with Crippen LogP contribution in [0.2, 0.25) is 0 Å². The quantitative estimate of drug-likeness (QED) is 0.456. The van der Waals surface area contributed by atoms with Crippen LogP contribution in [0.1, 0.15) is 13.8 Å². The van der Waals surface area contributed by atoms with Crippen molar-refractivity contribution in [3.8, 4) is 0 Å². The second-order valence-electron chi connectivity index (χ2n) is 4.95. The third kappa shape index (κ3) is 3.12. The zero-order valence-electron chi connectivity index (χ0n) is 11.2. The molecule has 1 aromatic carbocycles. The van der Waals surface area contributed by atoms with Crippen LogP contribution < -0.4 is 0 Å². The second-order valence-corrected chi connectivity index (χ2v) is 4.95. The Balaban J connectivity index is 2.17. The highest BCUT2D eigenvalue weighted by Crippen LogP contribution is 2.26. The normalized spacial score (nSPS) is 11.3. The van der Waals surface area contributed by atoms with Crippen LogP contribution in [0.15, 0.2) is 30.5 Å². The van der Waals surface area contributed by atoms with Gasteiger partial charge in [0.15, 0.2) is 0 Å². The van der Waals surface area contributed by atoms with Crippen molar-refractivity contribution < 1.29 is 9.66 Å². The molecule has 0 bridgehead atoms. The average molecular weight is 262 g/mol. The summed E-state index contributed by atoms with van der Waals surface area (Å²) in [5.74, 6) is 0.496. The van der Waals surface area contributed by atoms with Gasteiger partial charge in [0, 0.05) is 30.8 Å². The van der Waals surface area contributed by atoms with E-state index >= 15 is 0 Å². The van der Waals surface area contributed by atoms with Crippen LogP contribution in [-0.2, 0) is 11.3 Å². The number of non-ortho nitro benzene ring substituents is 1. The van der Waals surface area contributed by atoms with Crippen molar-refractivity contribution >= 4 is 16.6 Å². The minimum atomic E-state index is -0.339. The lowest BCUT2D eigenvalue weighted by Crippen LogP contribution is -2.09. The van der Waals surface area contributed by atoms with Gasteiger partial charge in [-0.25, -0.2) is 0 Å². The number of nitro groups is 1. The molecule has 0 atom stereocenters. The molecular weight excluding hydrogens is 244 g/mol. The van der Waals surface area contributed by atoms with Crippen molar-refractivity contribution in [2.45, 2.75) is 20.4 Å². The minimum absolute atomic E-state index is 0.145. The lowest BCUT2D eigenvalue weighted by atomic mass is 10.2. The first-order chi connectivity index (χ1) is 9.09. The van der Waals surface area contributed by atoms with E-state index in [1.54, 1.807) is 6.07 Å². The summed E-state index contributed by atoms with van der Waals surface area (Å²) in [6.45, 7) is 6.09. The lowest BCUT2D eigenvalue weighted by Gasteiger charge is -2.08. The molecule has 0 unspecified atom stereocenters. The van der Waals surface area contributed by atoms with Crippen LogP contribution in [-0.4, -0.2) is 22.7 Å². The monoisotopic (exact) mass is 262 g/mol. The van der Waals surface area contributed by atoms with E-state index < -0.39 is 0 Å². The number of para-hydroxylation sites is 1. The molecular formula is C14H18N2O3. The van der Waals surface area contributed by atoms with Gasteiger partial charge < -0.3 is 9.30 Å². The smallest absolute Gasteiger partial charge is 0.293 e. The highest BCUT2D eigenvalue weighted by molar-refractivity contribution is 5.88. The summed E-state index contributed by atoms with van der Waals surface area (Å²) >= 11 is 0. The fourth-order valence-electron chi connectivity index (χ4n) is 2.06. The number of fused-ring (bicyclic) bond motifs is 1. The molecule has 5 heteroatoms. The first-order valence-corrected chi connectivity index (χ1v) is 6.39. The molecule has 0 fully saturated rings. The Kier molecular flexibility index (Phi) is 4.16. The summed E-state index contributed by atoms with van der Waals surface area (Å²) in [7, 11) is 0. The molecule has 0 amide bonds. The van der Waals surface area contributed by atoms with Gasteiger partial charge in [0.1, 0.15) is 5.52 Å². The van der Waals surface area contributed by atoms with Gasteiger partial charge in [-0.1, -0.05) is 26.0 Å². The Morgan fingerprint density at radius 3 is 2.84 bits per heavy atom. The molecule has 0 aliphatic rings. The van der Waals surface area contributed by atoms with E-state index in [1.807, 2.05) is 22.9 Å². The second kappa shape index (κ2) is 5.84. The number of aromatic nitrogens is 1. The number of hydrogen-bond donors (Lipinski definition) is 0. The third-order valence-corrected chi connectivity index (χ3v) is 2.89. The molecule has 0 radical (unpaired) electrons. The zero-order valence-corrected chi connectivity index (χ0v) is 11.2. The number of rotatable bonds is 6. The van der Waals surface area contributed by atoms with E-state index in [9.17, 15) is 10.1 Å². The van der Waals surface area contributed by atoms with Crippen molar-refractivity contribution in [2.24, 2.45) is 5.92 Å². The number of nitrogens with zero attached hydrogens (tertiary/aromatic N) is 2. The summed E-state index contributed by atoms with van der Waals surface area (Å²) in [6, 6.07) is 7.02. The lowest BCUT2D eigenvalue weighted by molar-refractivity contribution is -0.383. The molecule has 0 spiro atoms. The van der Waals surface area contributed by atoms with Crippen molar-refractivity contribution in [3.05, 3.63) is 40.6 Å². The molecule has 102 valence electrons. The topological polar surface area (TPSA) is 57.3 Å². The van der Waals surface area contributed by atoms with Crippen LogP contribution in [0, 0.1) is 16.0 Å². The van der Waals surface area contributed by atoms with Crippen LogP contribution in [0.25, 0.3) is 10.9 Å². The highest BCUT2D eigenvalue weighted by atomic mass is 16.6. The fourth-order valence-corrected chi connectivity index (χ4v) is 2.06. The van der Waals surface area contributed by atoms with E-state index in [4.69, 9.17) is 4.74 Å². The summed E-state index contributed by atoms with van der Waals surface area (Å²) in [5.41, 5.74) is 0.812. The first-order valence-electron chi connectivity index (χ1n) is 6.39. The summed E-state index contributed by atoms with van der Waals surface area (Å²) < 4.78 is 7.41. The molecule has 1 aromatic heterocycles. The van der Waals surface area contributed by atoms with Crippen LogP contribution in [0.3, 0.4) is 0 Å². The van der Waals surface area contributed by atoms with Crippen LogP contribution >= 0.6 is 0 Å². The van der Waals surface area contributed by atoms with E-state index in [1.165, 1.54) is 6.07 Å². The Labute approximate surface area is 111 Å². The zero-order chi connectivity index (χ0) is 13.8. The molecule has 0 aliphatic heterocycles. The molecule has 19 heavy (non-hydrogen) atoms. The van der Waals surface area contributed by atoms with Gasteiger partial charge in [-0.15, -0.1) is 0 Å². The predicted molar refractivity (Wildman–Crippen MR) is 74.2 cm³/mol. The summed E-state index contributed by atoms with van der Waals surface area (Å²) in [5, 5.41) is 11.9.